The quantitative estimate of drug-likeness (QED) is 0.612. The van der Waals surface area contributed by atoms with E-state index < -0.39 is 6.29 Å². The number of aryl methyl sites for hydroxylation is 1. The maximum absolute atomic E-state index is 5.64. The summed E-state index contributed by atoms with van der Waals surface area (Å²) in [5, 5.41) is 0. The molecule has 5 nitrogen and oxygen atoms in total. The molecule has 0 bridgehead atoms. The average molecular weight is 274 g/mol. The molecular weight excluding hydrogens is 260 g/mol. The lowest BCUT2D eigenvalue weighted by molar-refractivity contribution is -0.0315. The van der Waals surface area contributed by atoms with E-state index in [1.54, 1.807) is 43.1 Å². The molecule has 0 aromatic carbocycles. The van der Waals surface area contributed by atoms with Gasteiger partial charge in [-0.15, -0.1) is 0 Å². The fraction of sp³-hybridized carbons (Fsp3) is 0.200. The van der Waals surface area contributed by atoms with Gasteiger partial charge in [0.05, 0.1) is 18.8 Å². The lowest BCUT2D eigenvalue weighted by atomic mass is 10.2. The van der Waals surface area contributed by atoms with Crippen LogP contribution in [0.1, 0.15) is 12.2 Å². The summed E-state index contributed by atoms with van der Waals surface area (Å²) in [6, 6.07) is 10.7. The van der Waals surface area contributed by atoms with Crippen LogP contribution in [0.3, 0.4) is 0 Å². The summed E-state index contributed by atoms with van der Waals surface area (Å²) in [7, 11) is 0. The maximum atomic E-state index is 5.64. The largest absolute Gasteiger partial charge is 0.469 e. The zero-order chi connectivity index (χ0) is 13.6. The van der Waals surface area contributed by atoms with Gasteiger partial charge in [-0.3, -0.25) is 0 Å². The van der Waals surface area contributed by atoms with Gasteiger partial charge >= 0.3 is 0 Å². The number of furan rings is 3. The molecule has 3 aromatic rings. The minimum absolute atomic E-state index is 0.404. The van der Waals surface area contributed by atoms with Gasteiger partial charge in [-0.25, -0.2) is 0 Å². The van der Waals surface area contributed by atoms with Crippen molar-refractivity contribution < 1.29 is 22.7 Å². The van der Waals surface area contributed by atoms with E-state index in [-0.39, 0.29) is 0 Å². The Morgan fingerprint density at radius 3 is 1.90 bits per heavy atom. The van der Waals surface area contributed by atoms with Crippen LogP contribution < -0.4 is 9.47 Å². The van der Waals surface area contributed by atoms with Gasteiger partial charge in [0.25, 0.3) is 11.9 Å². The van der Waals surface area contributed by atoms with Gasteiger partial charge in [0.15, 0.2) is 0 Å². The minimum Gasteiger partial charge on any atom is -0.469 e. The summed E-state index contributed by atoms with van der Waals surface area (Å²) in [5.41, 5.74) is 0. The predicted octanol–water partition coefficient (Wildman–Crippen LogP) is 3.88. The highest BCUT2D eigenvalue weighted by Gasteiger charge is 2.16. The molecule has 0 N–H and O–H groups in total. The van der Waals surface area contributed by atoms with Gasteiger partial charge in [0.2, 0.25) is 6.29 Å². The van der Waals surface area contributed by atoms with E-state index in [0.717, 1.165) is 5.76 Å². The zero-order valence-corrected chi connectivity index (χ0v) is 10.7. The Labute approximate surface area is 115 Å². The Morgan fingerprint density at radius 1 is 0.800 bits per heavy atom. The van der Waals surface area contributed by atoms with Crippen molar-refractivity contribution in [3.63, 3.8) is 0 Å². The predicted molar refractivity (Wildman–Crippen MR) is 69.5 cm³/mol. The summed E-state index contributed by atoms with van der Waals surface area (Å²) < 4.78 is 26.9. The highest BCUT2D eigenvalue weighted by Crippen LogP contribution is 2.20. The molecule has 0 amide bonds. The molecular formula is C15H14O5. The fourth-order valence-electron chi connectivity index (χ4n) is 1.78. The van der Waals surface area contributed by atoms with Crippen molar-refractivity contribution in [2.45, 2.75) is 19.1 Å². The molecule has 0 aliphatic carbocycles. The molecule has 104 valence electrons. The highest BCUT2D eigenvalue weighted by molar-refractivity contribution is 5.07. The van der Waals surface area contributed by atoms with Gasteiger partial charge < -0.3 is 22.7 Å². The van der Waals surface area contributed by atoms with Crippen LogP contribution in [0.25, 0.3) is 0 Å². The summed E-state index contributed by atoms with van der Waals surface area (Å²) in [5.74, 6) is 1.68. The first kappa shape index (κ1) is 12.5. The van der Waals surface area contributed by atoms with Gasteiger partial charge in [-0.1, -0.05) is 0 Å². The van der Waals surface area contributed by atoms with Crippen molar-refractivity contribution in [3.05, 3.63) is 60.9 Å². The first-order chi connectivity index (χ1) is 9.90. The smallest absolute Gasteiger partial charge is 0.287 e. The molecule has 3 rings (SSSR count). The first-order valence-corrected chi connectivity index (χ1v) is 6.33. The first-order valence-electron chi connectivity index (χ1n) is 6.33. The van der Waals surface area contributed by atoms with Crippen molar-refractivity contribution in [1.29, 1.82) is 0 Å². The lowest BCUT2D eigenvalue weighted by Gasteiger charge is -2.16. The van der Waals surface area contributed by atoms with E-state index in [4.69, 9.17) is 22.7 Å². The highest BCUT2D eigenvalue weighted by atomic mass is 16.7. The molecule has 0 aliphatic rings. The third-order valence-electron chi connectivity index (χ3n) is 2.69. The summed E-state index contributed by atoms with van der Waals surface area (Å²) in [6.45, 7) is 0. The van der Waals surface area contributed by atoms with E-state index in [1.165, 1.54) is 0 Å². The van der Waals surface area contributed by atoms with Crippen LogP contribution in [0, 0.1) is 0 Å². The Balaban J connectivity index is 1.62. The van der Waals surface area contributed by atoms with Crippen molar-refractivity contribution in [1.82, 2.24) is 0 Å². The molecule has 0 radical (unpaired) electrons. The van der Waals surface area contributed by atoms with Crippen LogP contribution >= 0.6 is 0 Å². The van der Waals surface area contributed by atoms with Gasteiger partial charge in [-0.05, 0) is 24.3 Å². The molecule has 3 aromatic heterocycles. The van der Waals surface area contributed by atoms with E-state index in [2.05, 4.69) is 0 Å². The van der Waals surface area contributed by atoms with E-state index in [1.807, 2.05) is 12.1 Å². The lowest BCUT2D eigenvalue weighted by Crippen LogP contribution is -2.24. The number of rotatable bonds is 7. The molecule has 0 spiro atoms. The summed E-state index contributed by atoms with van der Waals surface area (Å²) >= 11 is 0. The number of hydrogen-bond donors (Lipinski definition) is 0. The molecule has 0 atom stereocenters. The van der Waals surface area contributed by atoms with Crippen LogP contribution in [0.4, 0.5) is 0 Å². The molecule has 0 fully saturated rings. The Kier molecular flexibility index (Phi) is 3.78. The second kappa shape index (κ2) is 6.06. The zero-order valence-electron chi connectivity index (χ0n) is 10.7. The SMILES string of the molecule is c1coc(CCC(Oc2ccco2)Oc2ccco2)c1. The number of hydrogen-bond acceptors (Lipinski definition) is 5. The van der Waals surface area contributed by atoms with Crippen molar-refractivity contribution in [3.8, 4) is 11.9 Å². The fourth-order valence-corrected chi connectivity index (χ4v) is 1.78. The summed E-state index contributed by atoms with van der Waals surface area (Å²) in [4.78, 5) is 0. The van der Waals surface area contributed by atoms with Crippen LogP contribution in [-0.2, 0) is 6.42 Å². The molecule has 0 saturated carbocycles. The average Bonchev–Trinajstić information content (AvgIpc) is 3.20. The van der Waals surface area contributed by atoms with Crippen molar-refractivity contribution >= 4 is 0 Å². The van der Waals surface area contributed by atoms with Gasteiger partial charge in [-0.2, -0.15) is 0 Å². The van der Waals surface area contributed by atoms with Crippen molar-refractivity contribution in [2.75, 3.05) is 0 Å². The molecule has 3 heterocycles. The van der Waals surface area contributed by atoms with Crippen LogP contribution in [0.5, 0.6) is 11.9 Å². The standard InChI is InChI=1S/C15H14O5/c1-4-12(16-9-1)7-8-15(19-13-5-2-10-17-13)20-14-6-3-11-18-14/h1-6,9-11,15H,7-8H2. The third-order valence-corrected chi connectivity index (χ3v) is 2.69. The van der Waals surface area contributed by atoms with Crippen LogP contribution in [-0.4, -0.2) is 6.29 Å². The second-order valence-corrected chi connectivity index (χ2v) is 4.15. The normalized spacial score (nSPS) is 10.8. The Hall–Kier alpha value is -2.56. The van der Waals surface area contributed by atoms with E-state index in [9.17, 15) is 0 Å². The van der Waals surface area contributed by atoms with Gasteiger partial charge in [0, 0.05) is 25.0 Å². The topological polar surface area (TPSA) is 57.9 Å². The van der Waals surface area contributed by atoms with Crippen LogP contribution in [0.2, 0.25) is 0 Å². The van der Waals surface area contributed by atoms with Crippen molar-refractivity contribution in [2.24, 2.45) is 0 Å². The van der Waals surface area contributed by atoms with Gasteiger partial charge in [0.1, 0.15) is 5.76 Å². The molecule has 0 unspecified atom stereocenters. The van der Waals surface area contributed by atoms with E-state index in [0.29, 0.717) is 24.7 Å². The van der Waals surface area contributed by atoms with Crippen LogP contribution in [0.15, 0.2) is 68.4 Å². The molecule has 5 heteroatoms. The molecule has 20 heavy (non-hydrogen) atoms. The molecule has 0 saturated heterocycles. The molecule has 0 aliphatic heterocycles. The monoisotopic (exact) mass is 274 g/mol. The summed E-state index contributed by atoms with van der Waals surface area (Å²) in [6.07, 6.45) is 5.52. The minimum atomic E-state index is -0.516. The Bertz CT molecular complexity index is 544. The third kappa shape index (κ3) is 3.26. The van der Waals surface area contributed by atoms with E-state index >= 15 is 0 Å². The number of ether oxygens (including phenoxy) is 2. The maximum Gasteiger partial charge on any atom is 0.287 e. The Morgan fingerprint density at radius 2 is 1.40 bits per heavy atom. The second-order valence-electron chi connectivity index (χ2n) is 4.15.